The van der Waals surface area contributed by atoms with Gasteiger partial charge in [0.1, 0.15) is 5.71 Å². The molecule has 0 bridgehead atoms. The molecule has 1 N–H and O–H groups in total. The second-order valence-electron chi connectivity index (χ2n) is 5.63. The van der Waals surface area contributed by atoms with Crippen molar-refractivity contribution in [2.24, 2.45) is 10.1 Å². The van der Waals surface area contributed by atoms with Crippen molar-refractivity contribution in [3.63, 3.8) is 0 Å². The first-order valence-corrected chi connectivity index (χ1v) is 8.16. The molecule has 3 rings (SSSR count). The highest BCUT2D eigenvalue weighted by atomic mass is 79.9. The van der Waals surface area contributed by atoms with Crippen LogP contribution in [0.4, 0.5) is 11.4 Å². The van der Waals surface area contributed by atoms with Gasteiger partial charge in [-0.15, -0.1) is 0 Å². The van der Waals surface area contributed by atoms with Gasteiger partial charge in [-0.1, -0.05) is 41.9 Å². The summed E-state index contributed by atoms with van der Waals surface area (Å²) >= 11 is 3.36. The first-order chi connectivity index (χ1) is 11.0. The smallest absolute Gasteiger partial charge is 0.215 e. The molecule has 0 saturated carbocycles. The standard InChI is InChI=1S/C18H16BrN3O/c1-11(2)12-3-6-14(7-4-12)22-20-10-17-18(23)15-9-13(19)5-8-16(15)21-17/h3-11,22H,1-2H3/b20-10-. The normalized spacial score (nSPS) is 13.6. The molecular weight excluding hydrogens is 354 g/mol. The molecule has 2 aromatic rings. The molecule has 0 unspecified atom stereocenters. The summed E-state index contributed by atoms with van der Waals surface area (Å²) in [5, 5.41) is 4.12. The molecular formula is C18H16BrN3O. The quantitative estimate of drug-likeness (QED) is 0.612. The van der Waals surface area contributed by atoms with Crippen LogP contribution in [-0.4, -0.2) is 17.7 Å². The predicted molar refractivity (Wildman–Crippen MR) is 98.2 cm³/mol. The number of halogens is 1. The van der Waals surface area contributed by atoms with Crippen molar-refractivity contribution in [1.82, 2.24) is 0 Å². The van der Waals surface area contributed by atoms with E-state index in [0.717, 1.165) is 10.2 Å². The summed E-state index contributed by atoms with van der Waals surface area (Å²) in [6, 6.07) is 13.5. The van der Waals surface area contributed by atoms with Gasteiger partial charge in [-0.05, 0) is 41.8 Å². The summed E-state index contributed by atoms with van der Waals surface area (Å²) in [5.74, 6) is 0.387. The van der Waals surface area contributed by atoms with Crippen LogP contribution in [0.2, 0.25) is 0 Å². The van der Waals surface area contributed by atoms with Gasteiger partial charge >= 0.3 is 0 Å². The van der Waals surface area contributed by atoms with Gasteiger partial charge in [-0.3, -0.25) is 10.2 Å². The first-order valence-electron chi connectivity index (χ1n) is 7.36. The van der Waals surface area contributed by atoms with E-state index in [9.17, 15) is 4.79 Å². The van der Waals surface area contributed by atoms with E-state index in [1.807, 2.05) is 24.3 Å². The Hall–Kier alpha value is -2.27. The second kappa shape index (κ2) is 6.46. The molecule has 0 spiro atoms. The van der Waals surface area contributed by atoms with E-state index in [1.54, 1.807) is 6.07 Å². The number of aliphatic imine (C=N–C) groups is 1. The van der Waals surface area contributed by atoms with Gasteiger partial charge in [-0.2, -0.15) is 5.10 Å². The van der Waals surface area contributed by atoms with Crippen molar-refractivity contribution in [2.75, 3.05) is 5.43 Å². The molecule has 1 heterocycles. The SMILES string of the molecule is CC(C)c1ccc(N/N=C\C2=Nc3ccc(Br)cc3C2=O)cc1. The lowest BCUT2D eigenvalue weighted by atomic mass is 10.0. The number of carbonyl (C=O) groups is 1. The second-order valence-corrected chi connectivity index (χ2v) is 6.55. The Morgan fingerprint density at radius 3 is 2.61 bits per heavy atom. The van der Waals surface area contributed by atoms with Crippen LogP contribution < -0.4 is 5.43 Å². The molecule has 4 nitrogen and oxygen atoms in total. The molecule has 0 aliphatic carbocycles. The molecule has 0 radical (unpaired) electrons. The fourth-order valence-electron chi connectivity index (χ4n) is 2.30. The molecule has 0 atom stereocenters. The minimum atomic E-state index is -0.109. The van der Waals surface area contributed by atoms with Crippen LogP contribution in [-0.2, 0) is 0 Å². The van der Waals surface area contributed by atoms with Crippen molar-refractivity contribution in [3.8, 4) is 0 Å². The van der Waals surface area contributed by atoms with Crippen molar-refractivity contribution < 1.29 is 4.79 Å². The molecule has 0 saturated heterocycles. The highest BCUT2D eigenvalue weighted by Gasteiger charge is 2.23. The zero-order chi connectivity index (χ0) is 16.4. The highest BCUT2D eigenvalue weighted by Crippen LogP contribution is 2.29. The average molecular weight is 370 g/mol. The Kier molecular flexibility index (Phi) is 4.39. The van der Waals surface area contributed by atoms with Crippen molar-refractivity contribution >= 4 is 45.0 Å². The number of nitrogens with zero attached hydrogens (tertiary/aromatic N) is 2. The number of hydrogen-bond acceptors (Lipinski definition) is 4. The van der Waals surface area contributed by atoms with E-state index >= 15 is 0 Å². The predicted octanol–water partition coefficient (Wildman–Crippen LogP) is 4.94. The molecule has 1 aliphatic rings. The van der Waals surface area contributed by atoms with Crippen molar-refractivity contribution in [1.29, 1.82) is 0 Å². The number of ketones is 1. The van der Waals surface area contributed by atoms with Crippen molar-refractivity contribution in [2.45, 2.75) is 19.8 Å². The van der Waals surface area contributed by atoms with Gasteiger partial charge in [0.15, 0.2) is 0 Å². The number of anilines is 1. The first kappa shape index (κ1) is 15.6. The van der Waals surface area contributed by atoms with Gasteiger partial charge < -0.3 is 0 Å². The Bertz CT molecular complexity index is 808. The maximum absolute atomic E-state index is 12.2. The summed E-state index contributed by atoms with van der Waals surface area (Å²) in [6.45, 7) is 4.31. The van der Waals surface area contributed by atoms with E-state index < -0.39 is 0 Å². The lowest BCUT2D eigenvalue weighted by Gasteiger charge is -2.06. The van der Waals surface area contributed by atoms with Crippen LogP contribution in [0.5, 0.6) is 0 Å². The minimum absolute atomic E-state index is 0.109. The highest BCUT2D eigenvalue weighted by molar-refractivity contribution is 9.10. The van der Waals surface area contributed by atoms with Gasteiger partial charge in [0.25, 0.3) is 0 Å². The Labute approximate surface area is 143 Å². The fourth-order valence-corrected chi connectivity index (χ4v) is 2.67. The lowest BCUT2D eigenvalue weighted by molar-refractivity contribution is 0.107. The summed E-state index contributed by atoms with van der Waals surface area (Å²) < 4.78 is 0.862. The minimum Gasteiger partial charge on any atom is -0.287 e. The van der Waals surface area contributed by atoms with E-state index in [4.69, 9.17) is 0 Å². The van der Waals surface area contributed by atoms with Crippen LogP contribution in [0.1, 0.15) is 35.7 Å². The number of Topliss-reactive ketones (excluding diaryl/α,β-unsaturated/α-hetero) is 1. The number of hydrazone groups is 1. The van der Waals surface area contributed by atoms with Gasteiger partial charge in [0, 0.05) is 4.47 Å². The van der Waals surface area contributed by atoms with Gasteiger partial charge in [0.05, 0.1) is 23.2 Å². The molecule has 1 aliphatic heterocycles. The average Bonchev–Trinajstić information content (AvgIpc) is 2.84. The number of carbonyl (C=O) groups excluding carboxylic acids is 1. The summed E-state index contributed by atoms with van der Waals surface area (Å²) in [6.07, 6.45) is 1.46. The third-order valence-electron chi connectivity index (χ3n) is 3.63. The number of benzene rings is 2. The topological polar surface area (TPSA) is 53.8 Å². The van der Waals surface area contributed by atoms with E-state index in [-0.39, 0.29) is 5.78 Å². The zero-order valence-electron chi connectivity index (χ0n) is 12.9. The number of rotatable bonds is 4. The van der Waals surface area contributed by atoms with Crippen LogP contribution in [0.15, 0.2) is 57.0 Å². The van der Waals surface area contributed by atoms with Crippen LogP contribution >= 0.6 is 15.9 Å². The van der Waals surface area contributed by atoms with Gasteiger partial charge in [-0.25, -0.2) is 4.99 Å². The number of nitrogens with one attached hydrogen (secondary N) is 1. The number of fused-ring (bicyclic) bond motifs is 1. The summed E-state index contributed by atoms with van der Waals surface area (Å²) in [5.41, 5.74) is 6.69. The lowest BCUT2D eigenvalue weighted by Crippen LogP contribution is -2.11. The molecule has 23 heavy (non-hydrogen) atoms. The monoisotopic (exact) mass is 369 g/mol. The van der Waals surface area contributed by atoms with E-state index in [1.165, 1.54) is 11.8 Å². The third-order valence-corrected chi connectivity index (χ3v) is 4.13. The molecule has 0 aromatic heterocycles. The Balaban J connectivity index is 1.69. The maximum atomic E-state index is 12.2. The number of hydrogen-bond donors (Lipinski definition) is 1. The molecule has 5 heteroatoms. The fraction of sp³-hybridized carbons (Fsp3) is 0.167. The Morgan fingerprint density at radius 2 is 1.91 bits per heavy atom. The Morgan fingerprint density at radius 1 is 1.17 bits per heavy atom. The van der Waals surface area contributed by atoms with Gasteiger partial charge in [0.2, 0.25) is 5.78 Å². The maximum Gasteiger partial charge on any atom is 0.215 e. The van der Waals surface area contributed by atoms with Crippen molar-refractivity contribution in [3.05, 3.63) is 58.1 Å². The third kappa shape index (κ3) is 3.40. The van der Waals surface area contributed by atoms with E-state index in [0.29, 0.717) is 22.9 Å². The molecule has 0 fully saturated rings. The van der Waals surface area contributed by atoms with E-state index in [2.05, 4.69) is 57.4 Å². The summed E-state index contributed by atoms with van der Waals surface area (Å²) in [4.78, 5) is 16.5. The summed E-state index contributed by atoms with van der Waals surface area (Å²) in [7, 11) is 0. The molecule has 0 amide bonds. The molecule has 2 aromatic carbocycles. The van der Waals surface area contributed by atoms with Crippen LogP contribution in [0, 0.1) is 0 Å². The molecule has 116 valence electrons. The van der Waals surface area contributed by atoms with Crippen LogP contribution in [0.25, 0.3) is 0 Å². The van der Waals surface area contributed by atoms with Crippen LogP contribution in [0.3, 0.4) is 0 Å². The zero-order valence-corrected chi connectivity index (χ0v) is 14.5. The largest absolute Gasteiger partial charge is 0.287 e.